The lowest BCUT2D eigenvalue weighted by Gasteiger charge is -2.33. The van der Waals surface area contributed by atoms with Gasteiger partial charge >= 0.3 is 6.03 Å². The molecule has 2 rings (SSSR count). The molecule has 17 heavy (non-hydrogen) atoms. The summed E-state index contributed by atoms with van der Waals surface area (Å²) in [6.45, 7) is 4.81. The molecule has 0 aliphatic carbocycles. The Balaban J connectivity index is 1.86. The van der Waals surface area contributed by atoms with Crippen molar-refractivity contribution in [2.45, 2.75) is 26.3 Å². The fourth-order valence-corrected chi connectivity index (χ4v) is 2.90. The van der Waals surface area contributed by atoms with Crippen LogP contribution in [0.15, 0.2) is 17.5 Å². The standard InChI is InChI=1S/C13H20N2OS/c1-11-5-7-15(8-6-11)13(16)14(2)10-12-4-3-9-17-12/h3-4,9,11H,5-8,10H2,1-2H3. The van der Waals surface area contributed by atoms with Gasteiger partial charge in [-0.05, 0) is 30.2 Å². The molecule has 2 amide bonds. The molecule has 1 aromatic heterocycles. The minimum absolute atomic E-state index is 0.172. The molecule has 1 fully saturated rings. The molecule has 0 unspecified atom stereocenters. The van der Waals surface area contributed by atoms with Crippen molar-refractivity contribution in [2.75, 3.05) is 20.1 Å². The van der Waals surface area contributed by atoms with E-state index in [-0.39, 0.29) is 6.03 Å². The summed E-state index contributed by atoms with van der Waals surface area (Å²) in [5.41, 5.74) is 0. The SMILES string of the molecule is CC1CCN(C(=O)N(C)Cc2cccs2)CC1. The van der Waals surface area contributed by atoms with E-state index in [1.165, 1.54) is 4.88 Å². The summed E-state index contributed by atoms with van der Waals surface area (Å²) in [5, 5.41) is 2.05. The van der Waals surface area contributed by atoms with Gasteiger partial charge in [0.1, 0.15) is 0 Å². The third-order valence-electron chi connectivity index (χ3n) is 3.35. The first kappa shape index (κ1) is 12.4. The Kier molecular flexibility index (Phi) is 4.05. The number of nitrogens with zero attached hydrogens (tertiary/aromatic N) is 2. The Morgan fingerprint density at radius 2 is 2.24 bits per heavy atom. The number of carbonyl (C=O) groups excluding carboxylic acids is 1. The van der Waals surface area contributed by atoms with Crippen LogP contribution in [0.3, 0.4) is 0 Å². The summed E-state index contributed by atoms with van der Waals surface area (Å²) in [4.78, 5) is 17.2. The van der Waals surface area contributed by atoms with Crippen molar-refractivity contribution in [3.8, 4) is 0 Å². The third-order valence-corrected chi connectivity index (χ3v) is 4.21. The van der Waals surface area contributed by atoms with Gasteiger partial charge in [0.15, 0.2) is 0 Å². The van der Waals surface area contributed by atoms with Crippen LogP contribution in [0.1, 0.15) is 24.6 Å². The van der Waals surface area contributed by atoms with Crippen molar-refractivity contribution in [2.24, 2.45) is 5.92 Å². The number of carbonyl (C=O) groups is 1. The largest absolute Gasteiger partial charge is 0.325 e. The molecule has 94 valence electrons. The van der Waals surface area contributed by atoms with Gasteiger partial charge in [-0.1, -0.05) is 13.0 Å². The van der Waals surface area contributed by atoms with Gasteiger partial charge in [-0.25, -0.2) is 4.79 Å². The van der Waals surface area contributed by atoms with E-state index in [0.717, 1.165) is 38.4 Å². The third kappa shape index (κ3) is 3.22. The number of thiophene rings is 1. The van der Waals surface area contributed by atoms with E-state index < -0.39 is 0 Å². The molecule has 0 atom stereocenters. The summed E-state index contributed by atoms with van der Waals surface area (Å²) in [7, 11) is 1.89. The lowest BCUT2D eigenvalue weighted by molar-refractivity contribution is 0.141. The summed E-state index contributed by atoms with van der Waals surface area (Å²) in [5.74, 6) is 0.765. The van der Waals surface area contributed by atoms with Crippen LogP contribution in [0, 0.1) is 5.92 Å². The van der Waals surface area contributed by atoms with Crippen LogP contribution in [0.5, 0.6) is 0 Å². The van der Waals surface area contributed by atoms with E-state index >= 15 is 0 Å². The maximum atomic E-state index is 12.2. The Bertz CT molecular complexity index is 356. The Hall–Kier alpha value is -1.03. The van der Waals surface area contributed by atoms with E-state index in [1.807, 2.05) is 22.9 Å². The molecule has 4 heteroatoms. The molecule has 0 aromatic carbocycles. The lowest BCUT2D eigenvalue weighted by atomic mass is 10.00. The molecular weight excluding hydrogens is 232 g/mol. The first-order chi connectivity index (χ1) is 8.16. The van der Waals surface area contributed by atoms with Gasteiger partial charge < -0.3 is 9.80 Å². The number of piperidine rings is 1. The Morgan fingerprint density at radius 1 is 1.53 bits per heavy atom. The first-order valence-corrected chi connectivity index (χ1v) is 7.07. The van der Waals surface area contributed by atoms with Crippen molar-refractivity contribution < 1.29 is 4.79 Å². The van der Waals surface area contributed by atoms with Crippen LogP contribution in [0.2, 0.25) is 0 Å². The summed E-state index contributed by atoms with van der Waals surface area (Å²) < 4.78 is 0. The van der Waals surface area contributed by atoms with Crippen LogP contribution < -0.4 is 0 Å². The highest BCUT2D eigenvalue weighted by molar-refractivity contribution is 7.09. The average Bonchev–Trinajstić information content (AvgIpc) is 2.82. The van der Waals surface area contributed by atoms with Crippen LogP contribution in [0.4, 0.5) is 4.79 Å². The molecule has 1 aliphatic heterocycles. The van der Waals surface area contributed by atoms with Gasteiger partial charge in [0.2, 0.25) is 0 Å². The molecule has 0 radical (unpaired) electrons. The molecule has 1 aromatic rings. The predicted octanol–water partition coefficient (Wildman–Crippen LogP) is 3.03. The fourth-order valence-electron chi connectivity index (χ4n) is 2.15. The summed E-state index contributed by atoms with van der Waals surface area (Å²) in [6.07, 6.45) is 2.27. The second kappa shape index (κ2) is 5.54. The number of urea groups is 1. The van der Waals surface area contributed by atoms with Gasteiger partial charge in [-0.3, -0.25) is 0 Å². The second-order valence-corrected chi connectivity index (χ2v) is 5.92. The predicted molar refractivity (Wildman–Crippen MR) is 71.2 cm³/mol. The van der Waals surface area contributed by atoms with E-state index in [9.17, 15) is 4.79 Å². The molecule has 1 saturated heterocycles. The molecule has 0 bridgehead atoms. The molecule has 1 aliphatic rings. The van der Waals surface area contributed by atoms with Crippen LogP contribution in [0.25, 0.3) is 0 Å². The molecule has 0 spiro atoms. The summed E-state index contributed by atoms with van der Waals surface area (Å²) in [6, 6.07) is 4.28. The molecule has 0 saturated carbocycles. The maximum absolute atomic E-state index is 12.2. The quantitative estimate of drug-likeness (QED) is 0.793. The van der Waals surface area contributed by atoms with Gasteiger partial charge in [0.05, 0.1) is 6.54 Å². The van der Waals surface area contributed by atoms with E-state index in [4.69, 9.17) is 0 Å². The average molecular weight is 252 g/mol. The monoisotopic (exact) mass is 252 g/mol. The van der Waals surface area contributed by atoms with Crippen molar-refractivity contribution in [1.82, 2.24) is 9.80 Å². The minimum Gasteiger partial charge on any atom is -0.325 e. The van der Waals surface area contributed by atoms with Crippen molar-refractivity contribution in [1.29, 1.82) is 0 Å². The topological polar surface area (TPSA) is 23.6 Å². The number of hydrogen-bond donors (Lipinski definition) is 0. The lowest BCUT2D eigenvalue weighted by Crippen LogP contribution is -2.44. The summed E-state index contributed by atoms with van der Waals surface area (Å²) >= 11 is 1.70. The van der Waals surface area contributed by atoms with Gasteiger partial charge in [-0.2, -0.15) is 0 Å². The highest BCUT2D eigenvalue weighted by Crippen LogP contribution is 2.18. The normalized spacial score (nSPS) is 17.2. The number of rotatable bonds is 2. The van der Waals surface area contributed by atoms with Crippen LogP contribution >= 0.6 is 11.3 Å². The van der Waals surface area contributed by atoms with Crippen molar-refractivity contribution in [3.63, 3.8) is 0 Å². The zero-order chi connectivity index (χ0) is 12.3. The van der Waals surface area contributed by atoms with E-state index in [0.29, 0.717) is 0 Å². The number of amides is 2. The van der Waals surface area contributed by atoms with E-state index in [2.05, 4.69) is 18.4 Å². The molecule has 0 N–H and O–H groups in total. The Labute approximate surface area is 107 Å². The van der Waals surface area contributed by atoms with Crippen molar-refractivity contribution >= 4 is 17.4 Å². The van der Waals surface area contributed by atoms with Crippen LogP contribution in [-0.2, 0) is 6.54 Å². The molecule has 2 heterocycles. The van der Waals surface area contributed by atoms with Gasteiger partial charge in [0.25, 0.3) is 0 Å². The van der Waals surface area contributed by atoms with Gasteiger partial charge in [-0.15, -0.1) is 11.3 Å². The first-order valence-electron chi connectivity index (χ1n) is 6.19. The number of likely N-dealkylation sites (tertiary alicyclic amines) is 1. The minimum atomic E-state index is 0.172. The van der Waals surface area contributed by atoms with Crippen molar-refractivity contribution in [3.05, 3.63) is 22.4 Å². The zero-order valence-electron chi connectivity index (χ0n) is 10.6. The highest BCUT2D eigenvalue weighted by Gasteiger charge is 2.22. The van der Waals surface area contributed by atoms with Crippen LogP contribution in [-0.4, -0.2) is 36.0 Å². The molecular formula is C13H20N2OS. The van der Waals surface area contributed by atoms with E-state index in [1.54, 1.807) is 11.3 Å². The molecule has 3 nitrogen and oxygen atoms in total. The zero-order valence-corrected chi connectivity index (χ0v) is 11.4. The number of hydrogen-bond acceptors (Lipinski definition) is 2. The smallest absolute Gasteiger partial charge is 0.320 e. The fraction of sp³-hybridized carbons (Fsp3) is 0.615. The second-order valence-electron chi connectivity index (χ2n) is 4.89. The van der Waals surface area contributed by atoms with Gasteiger partial charge in [0, 0.05) is 25.0 Å². The highest BCUT2D eigenvalue weighted by atomic mass is 32.1. The Morgan fingerprint density at radius 3 is 2.82 bits per heavy atom. The maximum Gasteiger partial charge on any atom is 0.320 e.